The second-order valence-electron chi connectivity index (χ2n) is 7.21. The molecule has 0 spiro atoms. The molecule has 1 aromatic rings. The fraction of sp³-hybridized carbons (Fsp3) is 0.684. The van der Waals surface area contributed by atoms with E-state index < -0.39 is 0 Å². The van der Waals surface area contributed by atoms with Crippen molar-refractivity contribution in [2.75, 3.05) is 27.2 Å². The Morgan fingerprint density at radius 2 is 2.23 bits per heavy atom. The van der Waals surface area contributed by atoms with Gasteiger partial charge < -0.3 is 10.6 Å². The molecule has 3 rings (SSSR count). The zero-order valence-corrected chi connectivity index (χ0v) is 18.8. The van der Waals surface area contributed by atoms with Crippen LogP contribution in [0.5, 0.6) is 0 Å². The van der Waals surface area contributed by atoms with Crippen LogP contribution in [0, 0.1) is 23.2 Å². The maximum Gasteiger partial charge on any atom is 0.191 e. The van der Waals surface area contributed by atoms with Crippen molar-refractivity contribution in [3.8, 4) is 6.07 Å². The number of nitrogens with one attached hydrogen (secondary N) is 2. The average molecular weight is 487 g/mol. The third kappa shape index (κ3) is 5.11. The summed E-state index contributed by atoms with van der Waals surface area (Å²) in [6, 6.07) is 7.55. The molecule has 2 heterocycles. The minimum atomic E-state index is 0. The van der Waals surface area contributed by atoms with E-state index in [-0.39, 0.29) is 35.9 Å². The molecule has 1 aliphatic carbocycles. The number of piperidine rings is 1. The Morgan fingerprint density at radius 3 is 2.92 bits per heavy atom. The van der Waals surface area contributed by atoms with Gasteiger partial charge in [0.05, 0.1) is 12.0 Å². The highest BCUT2D eigenvalue weighted by Crippen LogP contribution is 2.36. The summed E-state index contributed by atoms with van der Waals surface area (Å²) in [4.78, 5) is 8.33. The first kappa shape index (κ1) is 21.5. The van der Waals surface area contributed by atoms with Gasteiger partial charge in [0.1, 0.15) is 0 Å². The molecule has 144 valence electrons. The van der Waals surface area contributed by atoms with Gasteiger partial charge in [0, 0.05) is 30.6 Å². The summed E-state index contributed by atoms with van der Waals surface area (Å²) in [6.07, 6.45) is 5.67. The van der Waals surface area contributed by atoms with E-state index in [1.807, 2.05) is 18.4 Å². The summed E-state index contributed by atoms with van der Waals surface area (Å²) in [7, 11) is 4.05. The Morgan fingerprint density at radius 1 is 1.38 bits per heavy atom. The standard InChI is InChI=1S/C19H29N5S.HI/c1-21-19(23-16-8-3-6-14(16)12-20)22-13-15-7-4-10-24(2)18(15)17-9-5-11-25-17;/h5,9,11,14-16,18H,3-4,6-8,10,13H2,1-2H3,(H2,21,22,23);1H. The molecule has 1 saturated carbocycles. The molecule has 1 aliphatic heterocycles. The van der Waals surface area contributed by atoms with Crippen molar-refractivity contribution in [2.24, 2.45) is 16.8 Å². The molecule has 2 N–H and O–H groups in total. The fourth-order valence-corrected chi connectivity index (χ4v) is 5.25. The number of hydrogen-bond acceptors (Lipinski definition) is 4. The van der Waals surface area contributed by atoms with Crippen molar-refractivity contribution >= 4 is 41.3 Å². The van der Waals surface area contributed by atoms with Crippen LogP contribution in [0.1, 0.15) is 43.0 Å². The zero-order chi connectivity index (χ0) is 17.6. The fourth-order valence-electron chi connectivity index (χ4n) is 4.27. The van der Waals surface area contributed by atoms with Crippen LogP contribution in [0.15, 0.2) is 22.5 Å². The number of nitrogens with zero attached hydrogens (tertiary/aromatic N) is 3. The third-order valence-corrected chi connectivity index (χ3v) is 6.54. The van der Waals surface area contributed by atoms with Gasteiger partial charge in [-0.1, -0.05) is 6.07 Å². The number of thiophene rings is 1. The maximum absolute atomic E-state index is 9.27. The number of aliphatic imine (C=N–C) groups is 1. The van der Waals surface area contributed by atoms with Gasteiger partial charge in [-0.3, -0.25) is 9.89 Å². The quantitative estimate of drug-likeness (QED) is 0.387. The van der Waals surface area contributed by atoms with E-state index in [9.17, 15) is 5.26 Å². The summed E-state index contributed by atoms with van der Waals surface area (Å²) >= 11 is 1.86. The van der Waals surface area contributed by atoms with Crippen LogP contribution < -0.4 is 10.6 Å². The molecular weight excluding hydrogens is 457 g/mol. The van der Waals surface area contributed by atoms with Gasteiger partial charge in [0.2, 0.25) is 0 Å². The van der Waals surface area contributed by atoms with E-state index in [4.69, 9.17) is 0 Å². The van der Waals surface area contributed by atoms with Crippen molar-refractivity contribution in [3.05, 3.63) is 22.4 Å². The summed E-state index contributed by atoms with van der Waals surface area (Å²) in [5.41, 5.74) is 0. The van der Waals surface area contributed by atoms with E-state index in [0.717, 1.165) is 38.3 Å². The predicted molar refractivity (Wildman–Crippen MR) is 119 cm³/mol. The molecule has 0 amide bonds. The smallest absolute Gasteiger partial charge is 0.191 e. The molecular formula is C19H30IN5S. The lowest BCUT2D eigenvalue weighted by molar-refractivity contribution is 0.125. The first-order chi connectivity index (χ1) is 12.2. The molecule has 0 aromatic carbocycles. The maximum atomic E-state index is 9.27. The molecule has 4 unspecified atom stereocenters. The average Bonchev–Trinajstić information content (AvgIpc) is 3.30. The Kier molecular flexibility index (Phi) is 8.64. The van der Waals surface area contributed by atoms with Crippen LogP contribution in [0.3, 0.4) is 0 Å². The molecule has 2 aliphatic rings. The number of nitriles is 1. The molecule has 5 nitrogen and oxygen atoms in total. The van der Waals surface area contributed by atoms with Crippen LogP contribution in [-0.2, 0) is 0 Å². The molecule has 4 atom stereocenters. The molecule has 0 radical (unpaired) electrons. The van der Waals surface area contributed by atoms with Gasteiger partial charge in [-0.2, -0.15) is 5.26 Å². The van der Waals surface area contributed by atoms with Gasteiger partial charge >= 0.3 is 0 Å². The number of likely N-dealkylation sites (tertiary alicyclic amines) is 1. The first-order valence-electron chi connectivity index (χ1n) is 9.33. The molecule has 0 bridgehead atoms. The second-order valence-corrected chi connectivity index (χ2v) is 8.19. The highest BCUT2D eigenvalue weighted by Gasteiger charge is 2.32. The minimum Gasteiger partial charge on any atom is -0.356 e. The van der Waals surface area contributed by atoms with E-state index in [0.29, 0.717) is 12.0 Å². The summed E-state index contributed by atoms with van der Waals surface area (Å²) in [5, 5.41) is 18.4. The van der Waals surface area contributed by atoms with Crippen molar-refractivity contribution < 1.29 is 0 Å². The highest BCUT2D eigenvalue weighted by molar-refractivity contribution is 14.0. The van der Waals surface area contributed by atoms with Gasteiger partial charge in [0.15, 0.2) is 5.96 Å². The lowest BCUT2D eigenvalue weighted by atomic mass is 9.88. The topological polar surface area (TPSA) is 63.5 Å². The van der Waals surface area contributed by atoms with Gasteiger partial charge in [-0.05, 0) is 63.1 Å². The van der Waals surface area contributed by atoms with Gasteiger partial charge in [-0.25, -0.2) is 0 Å². The van der Waals surface area contributed by atoms with Crippen molar-refractivity contribution in [2.45, 2.75) is 44.2 Å². The first-order valence-corrected chi connectivity index (χ1v) is 10.2. The van der Waals surface area contributed by atoms with Gasteiger partial charge in [-0.15, -0.1) is 35.3 Å². The summed E-state index contributed by atoms with van der Waals surface area (Å²) < 4.78 is 0. The predicted octanol–water partition coefficient (Wildman–Crippen LogP) is 3.61. The zero-order valence-electron chi connectivity index (χ0n) is 15.6. The Hall–Kier alpha value is -0.850. The lowest BCUT2D eigenvalue weighted by Crippen LogP contribution is -2.48. The normalized spacial score (nSPS) is 29.7. The minimum absolute atomic E-state index is 0. The largest absolute Gasteiger partial charge is 0.356 e. The number of halogens is 1. The number of hydrogen-bond donors (Lipinski definition) is 2. The third-order valence-electron chi connectivity index (χ3n) is 5.60. The van der Waals surface area contributed by atoms with E-state index in [1.54, 1.807) is 0 Å². The molecule has 26 heavy (non-hydrogen) atoms. The number of rotatable bonds is 4. The van der Waals surface area contributed by atoms with Crippen LogP contribution in [0.4, 0.5) is 0 Å². The second kappa shape index (κ2) is 10.5. The van der Waals surface area contributed by atoms with Crippen molar-refractivity contribution in [3.63, 3.8) is 0 Å². The van der Waals surface area contributed by atoms with Crippen LogP contribution in [0.2, 0.25) is 0 Å². The van der Waals surface area contributed by atoms with Crippen molar-refractivity contribution in [1.82, 2.24) is 15.5 Å². The summed E-state index contributed by atoms with van der Waals surface area (Å²) in [5.74, 6) is 1.52. The number of guanidine groups is 1. The Bertz CT molecular complexity index is 612. The van der Waals surface area contributed by atoms with E-state index in [1.165, 1.54) is 17.7 Å². The van der Waals surface area contributed by atoms with Crippen molar-refractivity contribution in [1.29, 1.82) is 5.26 Å². The molecule has 1 saturated heterocycles. The van der Waals surface area contributed by atoms with Gasteiger partial charge in [0.25, 0.3) is 0 Å². The van der Waals surface area contributed by atoms with E-state index >= 15 is 0 Å². The highest BCUT2D eigenvalue weighted by atomic mass is 127. The molecule has 2 fully saturated rings. The SMILES string of the molecule is CN=C(NCC1CCCN(C)C1c1cccs1)NC1CCCC1C#N.I. The molecule has 1 aromatic heterocycles. The van der Waals surface area contributed by atoms with E-state index in [2.05, 4.69) is 51.2 Å². The monoisotopic (exact) mass is 487 g/mol. The van der Waals surface area contributed by atoms with Crippen LogP contribution >= 0.6 is 35.3 Å². The Balaban J connectivity index is 0.00000243. The van der Waals surface area contributed by atoms with Crippen LogP contribution in [-0.4, -0.2) is 44.1 Å². The lowest BCUT2D eigenvalue weighted by Gasteiger charge is -2.39. The summed E-state index contributed by atoms with van der Waals surface area (Å²) in [6.45, 7) is 2.08. The molecule has 7 heteroatoms. The van der Waals surface area contributed by atoms with Crippen LogP contribution in [0.25, 0.3) is 0 Å². The Labute approximate surface area is 178 Å².